The fourth-order valence-electron chi connectivity index (χ4n) is 5.71. The molecule has 0 spiro atoms. The maximum absolute atomic E-state index is 13.8. The van der Waals surface area contributed by atoms with E-state index in [2.05, 4.69) is 24.8 Å². The second-order valence-electron chi connectivity index (χ2n) is 9.94. The number of hydrogen-bond acceptors (Lipinski definition) is 6. The summed E-state index contributed by atoms with van der Waals surface area (Å²) in [6, 6.07) is 10.1. The quantitative estimate of drug-likeness (QED) is 0.561. The van der Waals surface area contributed by atoms with Crippen molar-refractivity contribution >= 4 is 29.8 Å². The van der Waals surface area contributed by atoms with E-state index in [-0.39, 0.29) is 30.4 Å². The molecule has 1 fully saturated rings. The minimum Gasteiger partial charge on any atom is -0.355 e. The number of benzene rings is 1. The maximum Gasteiger partial charge on any atom is 0.247 e. The molecule has 1 saturated heterocycles. The van der Waals surface area contributed by atoms with E-state index in [1.54, 1.807) is 4.90 Å². The van der Waals surface area contributed by atoms with Crippen molar-refractivity contribution in [1.29, 1.82) is 0 Å². The summed E-state index contributed by atoms with van der Waals surface area (Å²) in [5, 5.41) is 4.82. The van der Waals surface area contributed by atoms with Crippen molar-refractivity contribution in [3.05, 3.63) is 58.9 Å². The van der Waals surface area contributed by atoms with Crippen LogP contribution in [0.25, 0.3) is 5.65 Å². The highest BCUT2D eigenvalue weighted by atomic mass is 35.5. The largest absolute Gasteiger partial charge is 0.355 e. The third kappa shape index (κ3) is 4.39. The van der Waals surface area contributed by atoms with Crippen molar-refractivity contribution in [2.75, 3.05) is 25.0 Å². The van der Waals surface area contributed by atoms with Crippen LogP contribution in [0.15, 0.2) is 36.5 Å². The predicted octanol–water partition coefficient (Wildman–Crippen LogP) is 3.10. The lowest BCUT2D eigenvalue weighted by Crippen LogP contribution is -2.54. The van der Waals surface area contributed by atoms with Crippen molar-refractivity contribution in [1.82, 2.24) is 19.5 Å². The number of aromatic nitrogens is 3. The summed E-state index contributed by atoms with van der Waals surface area (Å²) in [6.45, 7) is 5.87. The number of rotatable bonds is 5. The Balaban J connectivity index is 0.00000289. The standard InChI is InChI=1S/C26H35N7O.ClH/c1-4-22(31(3)25(34)26(28)12-7-9-18-8-5-6-10-20(18)26)21-14-23-29-24(17(2)15-33(23)30-21)32-13-11-19(27)16-32;/h5-6,8,10,14-15,19,22H,4,7,9,11-13,16,27-28H2,1-3H3;1H/t19-,22-,26?;/m0./s1. The first-order valence-corrected chi connectivity index (χ1v) is 12.3. The van der Waals surface area contributed by atoms with Gasteiger partial charge in [0.1, 0.15) is 11.4 Å². The number of aryl methyl sites for hydroxylation is 2. The third-order valence-corrected chi connectivity index (χ3v) is 7.56. The number of fused-ring (bicyclic) bond motifs is 2. The van der Waals surface area contributed by atoms with Crippen LogP contribution in [0.1, 0.15) is 61.0 Å². The zero-order valence-electron chi connectivity index (χ0n) is 20.8. The summed E-state index contributed by atoms with van der Waals surface area (Å²) in [5.74, 6) is 0.906. The van der Waals surface area contributed by atoms with Gasteiger partial charge in [0.05, 0.1) is 11.7 Å². The molecule has 35 heavy (non-hydrogen) atoms. The van der Waals surface area contributed by atoms with Gasteiger partial charge in [0, 0.05) is 44.0 Å². The van der Waals surface area contributed by atoms with Gasteiger partial charge in [0.25, 0.3) is 0 Å². The number of halogens is 1. The first-order chi connectivity index (χ1) is 16.3. The van der Waals surface area contributed by atoms with Crippen LogP contribution >= 0.6 is 12.4 Å². The Hall–Kier alpha value is -2.68. The lowest BCUT2D eigenvalue weighted by atomic mass is 9.76. The van der Waals surface area contributed by atoms with Crippen molar-refractivity contribution in [3.63, 3.8) is 0 Å². The van der Waals surface area contributed by atoms with Crippen LogP contribution in [-0.2, 0) is 16.8 Å². The van der Waals surface area contributed by atoms with E-state index in [0.29, 0.717) is 6.42 Å². The highest BCUT2D eigenvalue weighted by Crippen LogP contribution is 2.37. The van der Waals surface area contributed by atoms with Crippen LogP contribution in [0.3, 0.4) is 0 Å². The molecular weight excluding hydrogens is 462 g/mol. The molecule has 5 rings (SSSR count). The number of carbonyl (C=O) groups is 1. The average molecular weight is 498 g/mol. The third-order valence-electron chi connectivity index (χ3n) is 7.56. The predicted molar refractivity (Wildman–Crippen MR) is 141 cm³/mol. The summed E-state index contributed by atoms with van der Waals surface area (Å²) in [7, 11) is 1.85. The van der Waals surface area contributed by atoms with Gasteiger partial charge in [-0.05, 0) is 50.2 Å². The Kier molecular flexibility index (Phi) is 7.09. The zero-order valence-corrected chi connectivity index (χ0v) is 21.6. The highest BCUT2D eigenvalue weighted by molar-refractivity contribution is 5.88. The first kappa shape index (κ1) is 25.4. The van der Waals surface area contributed by atoms with Crippen LogP contribution in [-0.4, -0.2) is 51.6 Å². The smallest absolute Gasteiger partial charge is 0.247 e. The Bertz CT molecular complexity index is 1230. The molecular formula is C26H36ClN7O. The Labute approximate surface area is 213 Å². The molecule has 4 N–H and O–H groups in total. The normalized spacial score (nSPS) is 22.5. The van der Waals surface area contributed by atoms with Crippen LogP contribution in [0, 0.1) is 6.92 Å². The molecule has 3 heterocycles. The van der Waals surface area contributed by atoms with Gasteiger partial charge in [-0.15, -0.1) is 12.4 Å². The Morgan fingerprint density at radius 3 is 2.83 bits per heavy atom. The molecule has 1 unspecified atom stereocenters. The number of hydrogen-bond donors (Lipinski definition) is 2. The van der Waals surface area contributed by atoms with E-state index >= 15 is 0 Å². The van der Waals surface area contributed by atoms with Gasteiger partial charge in [-0.25, -0.2) is 9.50 Å². The molecule has 1 amide bonds. The molecule has 9 heteroatoms. The molecule has 8 nitrogen and oxygen atoms in total. The molecule has 1 aliphatic carbocycles. The van der Waals surface area contributed by atoms with Gasteiger partial charge in [-0.2, -0.15) is 5.10 Å². The SMILES string of the molecule is CC[C@@H](c1cc2nc(N3CC[C@H](N)C3)c(C)cn2n1)N(C)C(=O)C1(N)CCCc2ccccc21.Cl. The van der Waals surface area contributed by atoms with Crippen molar-refractivity contribution in [2.45, 2.75) is 63.6 Å². The molecule has 2 aliphatic rings. The Morgan fingerprint density at radius 1 is 1.34 bits per heavy atom. The number of nitrogens with zero attached hydrogens (tertiary/aromatic N) is 5. The van der Waals surface area contributed by atoms with Gasteiger partial charge >= 0.3 is 0 Å². The summed E-state index contributed by atoms with van der Waals surface area (Å²) in [6.07, 6.45) is 6.25. The van der Waals surface area contributed by atoms with Gasteiger partial charge in [0.15, 0.2) is 5.65 Å². The average Bonchev–Trinajstić information content (AvgIpc) is 3.44. The maximum atomic E-state index is 13.8. The van der Waals surface area contributed by atoms with E-state index < -0.39 is 5.54 Å². The number of carbonyl (C=O) groups excluding carboxylic acids is 1. The lowest BCUT2D eigenvalue weighted by molar-refractivity contribution is -0.139. The van der Waals surface area contributed by atoms with E-state index in [4.69, 9.17) is 21.5 Å². The van der Waals surface area contributed by atoms with E-state index in [1.807, 2.05) is 42.0 Å². The minimum absolute atomic E-state index is 0. The van der Waals surface area contributed by atoms with Crippen molar-refractivity contribution in [2.24, 2.45) is 11.5 Å². The highest BCUT2D eigenvalue weighted by Gasteiger charge is 2.43. The fraction of sp³-hybridized carbons (Fsp3) is 0.500. The number of anilines is 1. The van der Waals surface area contributed by atoms with Gasteiger partial charge in [0.2, 0.25) is 5.91 Å². The first-order valence-electron chi connectivity index (χ1n) is 12.3. The second-order valence-corrected chi connectivity index (χ2v) is 9.94. The van der Waals surface area contributed by atoms with Gasteiger partial charge < -0.3 is 21.3 Å². The lowest BCUT2D eigenvalue weighted by Gasteiger charge is -2.39. The molecule has 0 bridgehead atoms. The van der Waals surface area contributed by atoms with Crippen LogP contribution in [0.4, 0.5) is 5.82 Å². The van der Waals surface area contributed by atoms with E-state index in [0.717, 1.165) is 67.1 Å². The van der Waals surface area contributed by atoms with Gasteiger partial charge in [-0.1, -0.05) is 31.2 Å². The number of nitrogens with two attached hydrogens (primary N) is 2. The Morgan fingerprint density at radius 2 is 2.11 bits per heavy atom. The van der Waals surface area contributed by atoms with Crippen molar-refractivity contribution < 1.29 is 4.79 Å². The fourth-order valence-corrected chi connectivity index (χ4v) is 5.71. The monoisotopic (exact) mass is 497 g/mol. The van der Waals surface area contributed by atoms with Gasteiger partial charge in [-0.3, -0.25) is 4.79 Å². The summed E-state index contributed by atoms with van der Waals surface area (Å²) < 4.78 is 1.82. The van der Waals surface area contributed by atoms with Crippen LogP contribution in [0.2, 0.25) is 0 Å². The minimum atomic E-state index is -1.01. The molecule has 1 aliphatic heterocycles. The van der Waals surface area contributed by atoms with Crippen molar-refractivity contribution in [3.8, 4) is 0 Å². The molecule has 0 radical (unpaired) electrons. The number of likely N-dealkylation sites (N-methyl/N-ethyl adjacent to an activating group) is 1. The van der Waals surface area contributed by atoms with E-state index in [1.165, 1.54) is 5.56 Å². The molecule has 188 valence electrons. The molecule has 3 atom stereocenters. The second kappa shape index (κ2) is 9.76. The summed E-state index contributed by atoms with van der Waals surface area (Å²) >= 11 is 0. The molecule has 1 aromatic carbocycles. The summed E-state index contributed by atoms with van der Waals surface area (Å²) in [4.78, 5) is 22.8. The zero-order chi connectivity index (χ0) is 24.0. The number of amides is 1. The molecule has 3 aromatic rings. The molecule has 2 aromatic heterocycles. The van der Waals surface area contributed by atoms with E-state index in [9.17, 15) is 4.79 Å². The van der Waals surface area contributed by atoms with Crippen LogP contribution in [0.5, 0.6) is 0 Å². The van der Waals surface area contributed by atoms with Crippen LogP contribution < -0.4 is 16.4 Å². The molecule has 0 saturated carbocycles. The summed E-state index contributed by atoms with van der Waals surface area (Å²) in [5.41, 5.74) is 16.7. The topological polar surface area (TPSA) is 106 Å².